The topological polar surface area (TPSA) is 57.0 Å². The van der Waals surface area contributed by atoms with Crippen molar-refractivity contribution in [3.63, 3.8) is 0 Å². The van der Waals surface area contributed by atoms with Crippen LogP contribution < -0.4 is 0 Å². The molecule has 0 aliphatic carbocycles. The average molecular weight is 430 g/mol. The van der Waals surface area contributed by atoms with Gasteiger partial charge in [-0.25, -0.2) is 9.97 Å². The molecule has 0 bridgehead atoms. The number of rotatable bonds is 6. The van der Waals surface area contributed by atoms with Crippen LogP contribution in [0.15, 0.2) is 11.1 Å². The van der Waals surface area contributed by atoms with E-state index in [1.807, 2.05) is 19.9 Å². The van der Waals surface area contributed by atoms with Crippen LogP contribution in [-0.4, -0.2) is 38.8 Å². The van der Waals surface area contributed by atoms with Gasteiger partial charge in [0.15, 0.2) is 5.78 Å². The van der Waals surface area contributed by atoms with Crippen LogP contribution in [0.3, 0.4) is 0 Å². The molecule has 0 radical (unpaired) electrons. The second-order valence-corrected chi connectivity index (χ2v) is 9.95. The van der Waals surface area contributed by atoms with Gasteiger partial charge in [-0.2, -0.15) is 0 Å². The highest BCUT2D eigenvalue weighted by Gasteiger charge is 2.22. The van der Waals surface area contributed by atoms with Crippen molar-refractivity contribution < 1.29 is 9.53 Å². The SMILES string of the molecule is Cc1nc(SCC(=O)c2cc(C)n(CC3CCCO3)c2C)c2c(C)c(C)sc2n1. The zero-order valence-corrected chi connectivity index (χ0v) is 19.3. The van der Waals surface area contributed by atoms with Crippen molar-refractivity contribution >= 4 is 39.1 Å². The fourth-order valence-corrected chi connectivity index (χ4v) is 6.14. The summed E-state index contributed by atoms with van der Waals surface area (Å²) in [5.41, 5.74) is 4.19. The Morgan fingerprint density at radius 3 is 2.79 bits per heavy atom. The molecule has 1 saturated heterocycles. The first-order chi connectivity index (χ1) is 13.8. The molecule has 154 valence electrons. The van der Waals surface area contributed by atoms with E-state index in [2.05, 4.69) is 35.3 Å². The molecule has 0 N–H and O–H groups in total. The van der Waals surface area contributed by atoms with E-state index in [4.69, 9.17) is 4.74 Å². The Bertz CT molecular complexity index is 1080. The van der Waals surface area contributed by atoms with Gasteiger partial charge in [0.25, 0.3) is 0 Å². The molecule has 4 heterocycles. The predicted octanol–water partition coefficient (Wildman–Crippen LogP) is 5.19. The molecule has 1 atom stereocenters. The Kier molecular flexibility index (Phi) is 5.82. The number of ether oxygens (including phenoxy) is 1. The van der Waals surface area contributed by atoms with Crippen LogP contribution >= 0.6 is 23.1 Å². The molecule has 3 aromatic heterocycles. The minimum Gasteiger partial charge on any atom is -0.376 e. The molecule has 0 aromatic carbocycles. The van der Waals surface area contributed by atoms with Gasteiger partial charge in [0.1, 0.15) is 15.7 Å². The quantitative estimate of drug-likeness (QED) is 0.307. The number of nitrogens with zero attached hydrogens (tertiary/aromatic N) is 3. The van der Waals surface area contributed by atoms with Gasteiger partial charge in [-0.3, -0.25) is 4.79 Å². The van der Waals surface area contributed by atoms with Crippen LogP contribution in [0.5, 0.6) is 0 Å². The summed E-state index contributed by atoms with van der Waals surface area (Å²) in [5, 5.41) is 2.01. The van der Waals surface area contributed by atoms with Crippen molar-refractivity contribution in [2.75, 3.05) is 12.4 Å². The summed E-state index contributed by atoms with van der Waals surface area (Å²) in [7, 11) is 0. The average Bonchev–Trinajstić information content (AvgIpc) is 3.36. The van der Waals surface area contributed by atoms with Gasteiger partial charge in [-0.1, -0.05) is 11.8 Å². The molecule has 1 fully saturated rings. The molecular formula is C22H27N3O2S2. The van der Waals surface area contributed by atoms with Gasteiger partial charge >= 0.3 is 0 Å². The minimum absolute atomic E-state index is 0.149. The zero-order valence-electron chi connectivity index (χ0n) is 17.7. The molecule has 5 nitrogen and oxygen atoms in total. The number of fused-ring (bicyclic) bond motifs is 1. The van der Waals surface area contributed by atoms with Crippen molar-refractivity contribution in [2.45, 2.75) is 65.1 Å². The molecule has 0 spiro atoms. The van der Waals surface area contributed by atoms with Crippen LogP contribution in [0.25, 0.3) is 10.2 Å². The highest BCUT2D eigenvalue weighted by molar-refractivity contribution is 8.00. The molecule has 29 heavy (non-hydrogen) atoms. The summed E-state index contributed by atoms with van der Waals surface area (Å²) in [6.07, 6.45) is 2.48. The number of aryl methyl sites for hydroxylation is 4. The second kappa shape index (κ2) is 8.20. The number of hydrogen-bond donors (Lipinski definition) is 0. The molecule has 0 amide bonds. The third-order valence-electron chi connectivity index (χ3n) is 5.73. The number of carbonyl (C=O) groups is 1. The summed E-state index contributed by atoms with van der Waals surface area (Å²) >= 11 is 3.22. The van der Waals surface area contributed by atoms with Gasteiger partial charge in [-0.15, -0.1) is 11.3 Å². The predicted molar refractivity (Wildman–Crippen MR) is 120 cm³/mol. The maximum Gasteiger partial charge on any atom is 0.174 e. The van der Waals surface area contributed by atoms with Crippen molar-refractivity contribution in [3.05, 3.63) is 39.3 Å². The van der Waals surface area contributed by atoms with Crippen LogP contribution in [0, 0.1) is 34.6 Å². The Morgan fingerprint density at radius 2 is 2.07 bits per heavy atom. The van der Waals surface area contributed by atoms with Crippen molar-refractivity contribution in [1.29, 1.82) is 0 Å². The van der Waals surface area contributed by atoms with E-state index >= 15 is 0 Å². The summed E-state index contributed by atoms with van der Waals surface area (Å²) in [6.45, 7) is 11.9. The van der Waals surface area contributed by atoms with E-state index in [0.29, 0.717) is 5.75 Å². The van der Waals surface area contributed by atoms with Crippen LogP contribution in [0.4, 0.5) is 0 Å². The van der Waals surface area contributed by atoms with Gasteiger partial charge < -0.3 is 9.30 Å². The number of thiophene rings is 1. The molecule has 1 aliphatic rings. The standard InChI is InChI=1S/C22H27N3O2S2/c1-12-9-18(14(3)25(12)10-17-7-6-8-27-17)19(26)11-28-21-20-13(2)15(4)29-22(20)24-16(5)23-21/h9,17H,6-8,10-11H2,1-5H3. The van der Waals surface area contributed by atoms with E-state index < -0.39 is 0 Å². The number of aromatic nitrogens is 3. The lowest BCUT2D eigenvalue weighted by Crippen LogP contribution is -2.17. The third kappa shape index (κ3) is 4.00. The molecule has 3 aromatic rings. The zero-order chi connectivity index (χ0) is 20.7. The normalized spacial score (nSPS) is 16.8. The van der Waals surface area contributed by atoms with Crippen LogP contribution in [-0.2, 0) is 11.3 Å². The summed E-state index contributed by atoms with van der Waals surface area (Å²) in [5.74, 6) is 1.28. The number of Topliss-reactive ketones (excluding diaryl/α,β-unsaturated/α-hetero) is 1. The number of carbonyl (C=O) groups excluding carboxylic acids is 1. The Hall–Kier alpha value is -1.70. The maximum atomic E-state index is 13.0. The van der Waals surface area contributed by atoms with E-state index in [9.17, 15) is 4.79 Å². The summed E-state index contributed by atoms with van der Waals surface area (Å²) in [6, 6.07) is 2.02. The number of thioether (sulfide) groups is 1. The maximum absolute atomic E-state index is 13.0. The largest absolute Gasteiger partial charge is 0.376 e. The third-order valence-corrected chi connectivity index (χ3v) is 7.81. The molecule has 4 rings (SSSR count). The second-order valence-electron chi connectivity index (χ2n) is 7.78. The van der Waals surface area contributed by atoms with E-state index in [1.165, 1.54) is 22.2 Å². The fraction of sp³-hybridized carbons (Fsp3) is 0.500. The first-order valence-electron chi connectivity index (χ1n) is 10.0. The molecule has 0 saturated carbocycles. The van der Waals surface area contributed by atoms with E-state index in [1.54, 1.807) is 11.3 Å². The highest BCUT2D eigenvalue weighted by atomic mass is 32.2. The van der Waals surface area contributed by atoms with E-state index in [-0.39, 0.29) is 11.9 Å². The van der Waals surface area contributed by atoms with Crippen molar-refractivity contribution in [1.82, 2.24) is 14.5 Å². The molecule has 7 heteroatoms. The van der Waals surface area contributed by atoms with Gasteiger partial charge in [0, 0.05) is 40.4 Å². The molecule has 1 aliphatic heterocycles. The first kappa shape index (κ1) is 20.6. The fourth-order valence-electron chi connectivity index (χ4n) is 3.99. The van der Waals surface area contributed by atoms with E-state index in [0.717, 1.165) is 64.0 Å². The molecule has 1 unspecified atom stereocenters. The summed E-state index contributed by atoms with van der Waals surface area (Å²) in [4.78, 5) is 24.5. The summed E-state index contributed by atoms with van der Waals surface area (Å²) < 4.78 is 8.01. The smallest absolute Gasteiger partial charge is 0.174 e. The highest BCUT2D eigenvalue weighted by Crippen LogP contribution is 2.35. The van der Waals surface area contributed by atoms with Crippen LogP contribution in [0.1, 0.15) is 50.9 Å². The lowest BCUT2D eigenvalue weighted by Gasteiger charge is -2.14. The minimum atomic E-state index is 0.149. The lowest BCUT2D eigenvalue weighted by atomic mass is 10.2. The number of ketones is 1. The Balaban J connectivity index is 1.54. The van der Waals surface area contributed by atoms with Crippen LogP contribution in [0.2, 0.25) is 0 Å². The van der Waals surface area contributed by atoms with Crippen molar-refractivity contribution in [2.24, 2.45) is 0 Å². The first-order valence-corrected chi connectivity index (χ1v) is 11.8. The van der Waals surface area contributed by atoms with Crippen molar-refractivity contribution in [3.8, 4) is 0 Å². The Morgan fingerprint density at radius 1 is 1.28 bits per heavy atom. The Labute approximate surface area is 179 Å². The lowest BCUT2D eigenvalue weighted by molar-refractivity contribution is 0.0957. The molecular weight excluding hydrogens is 402 g/mol. The van der Waals surface area contributed by atoms with Gasteiger partial charge in [0.2, 0.25) is 0 Å². The van der Waals surface area contributed by atoms with Gasteiger partial charge in [-0.05, 0) is 59.1 Å². The number of hydrogen-bond acceptors (Lipinski definition) is 6. The monoisotopic (exact) mass is 429 g/mol. The van der Waals surface area contributed by atoms with Gasteiger partial charge in [0.05, 0.1) is 11.9 Å².